The van der Waals surface area contributed by atoms with Crippen LogP contribution in [0.25, 0.3) is 0 Å². The molecule has 0 aromatic heterocycles. The van der Waals surface area contributed by atoms with Crippen LogP contribution < -0.4 is 4.72 Å². The van der Waals surface area contributed by atoms with Crippen LogP contribution >= 0.6 is 15.9 Å². The van der Waals surface area contributed by atoms with Gasteiger partial charge in [-0.2, -0.15) is 0 Å². The Morgan fingerprint density at radius 2 is 1.90 bits per heavy atom. The van der Waals surface area contributed by atoms with Gasteiger partial charge < -0.3 is 5.11 Å². The molecule has 0 fully saturated rings. The lowest BCUT2D eigenvalue weighted by Crippen LogP contribution is -2.36. The van der Waals surface area contributed by atoms with Crippen molar-refractivity contribution in [1.82, 2.24) is 4.72 Å². The fraction of sp³-hybridized carbons (Fsp3) is 0.571. The summed E-state index contributed by atoms with van der Waals surface area (Å²) in [6, 6.07) is 5.12. The zero-order valence-corrected chi connectivity index (χ0v) is 14.5. The highest BCUT2D eigenvalue weighted by molar-refractivity contribution is 9.10. The highest BCUT2D eigenvalue weighted by Crippen LogP contribution is 2.21. The summed E-state index contributed by atoms with van der Waals surface area (Å²) in [6.07, 6.45) is 0.997. The number of hydrogen-bond donors (Lipinski definition) is 2. The molecule has 4 nitrogen and oxygen atoms in total. The summed E-state index contributed by atoms with van der Waals surface area (Å²) in [7, 11) is -3.60. The van der Waals surface area contributed by atoms with Gasteiger partial charge in [0.15, 0.2) is 0 Å². The van der Waals surface area contributed by atoms with Crippen molar-refractivity contribution >= 4 is 26.0 Å². The first-order chi connectivity index (χ1) is 9.31. The molecule has 0 saturated heterocycles. The molecule has 0 aliphatic heterocycles. The van der Waals surface area contributed by atoms with E-state index in [4.69, 9.17) is 0 Å². The van der Waals surface area contributed by atoms with Crippen molar-refractivity contribution in [3.05, 3.63) is 28.2 Å². The van der Waals surface area contributed by atoms with Gasteiger partial charge in [-0.05, 0) is 30.5 Å². The van der Waals surface area contributed by atoms with Crippen molar-refractivity contribution in [2.45, 2.75) is 44.6 Å². The second-order valence-electron chi connectivity index (χ2n) is 4.91. The molecule has 0 saturated carbocycles. The van der Waals surface area contributed by atoms with Crippen molar-refractivity contribution < 1.29 is 13.5 Å². The minimum absolute atomic E-state index is 0.0423. The summed E-state index contributed by atoms with van der Waals surface area (Å²) in [5.74, 6) is 0.112. The topological polar surface area (TPSA) is 66.4 Å². The molecule has 1 atom stereocenters. The number of aliphatic hydroxyl groups is 1. The van der Waals surface area contributed by atoms with Crippen LogP contribution in [0, 0.1) is 12.8 Å². The lowest BCUT2D eigenvalue weighted by atomic mass is 9.97. The molecule has 1 rings (SSSR count). The molecule has 0 aliphatic carbocycles. The molecule has 0 amide bonds. The maximum absolute atomic E-state index is 12.3. The predicted molar refractivity (Wildman–Crippen MR) is 84.1 cm³/mol. The second-order valence-corrected chi connectivity index (χ2v) is 7.56. The summed E-state index contributed by atoms with van der Waals surface area (Å²) < 4.78 is 27.7. The van der Waals surface area contributed by atoms with Gasteiger partial charge in [0, 0.05) is 11.0 Å². The van der Waals surface area contributed by atoms with E-state index in [0.29, 0.717) is 10.0 Å². The SMILES string of the molecule is CCC(CC)C(O)CNS(=O)(=O)c1cc(Br)ccc1C. The van der Waals surface area contributed by atoms with Gasteiger partial charge in [0.05, 0.1) is 11.0 Å². The van der Waals surface area contributed by atoms with Gasteiger partial charge in [-0.15, -0.1) is 0 Å². The molecule has 0 heterocycles. The van der Waals surface area contributed by atoms with Gasteiger partial charge in [0.1, 0.15) is 0 Å². The fourth-order valence-electron chi connectivity index (χ4n) is 2.14. The number of benzene rings is 1. The Morgan fingerprint density at radius 1 is 1.30 bits per heavy atom. The van der Waals surface area contributed by atoms with Crippen molar-refractivity contribution in [1.29, 1.82) is 0 Å². The van der Waals surface area contributed by atoms with Crippen LogP contribution in [0.4, 0.5) is 0 Å². The average Bonchev–Trinajstić information content (AvgIpc) is 2.40. The van der Waals surface area contributed by atoms with Crippen molar-refractivity contribution in [2.75, 3.05) is 6.54 Å². The van der Waals surface area contributed by atoms with E-state index < -0.39 is 16.1 Å². The summed E-state index contributed by atoms with van der Waals surface area (Å²) >= 11 is 3.27. The largest absolute Gasteiger partial charge is 0.391 e. The molecule has 0 spiro atoms. The smallest absolute Gasteiger partial charge is 0.240 e. The third-order valence-corrected chi connectivity index (χ3v) is 5.57. The number of rotatable bonds is 7. The standard InChI is InChI=1S/C14H22BrNO3S/c1-4-11(5-2)13(17)9-16-20(18,19)14-8-12(15)7-6-10(14)3/h6-8,11,13,16-17H,4-5,9H2,1-3H3. The van der Waals surface area contributed by atoms with E-state index in [9.17, 15) is 13.5 Å². The van der Waals surface area contributed by atoms with Crippen LogP contribution in [0.5, 0.6) is 0 Å². The maximum atomic E-state index is 12.3. The van der Waals surface area contributed by atoms with E-state index in [1.54, 1.807) is 25.1 Å². The van der Waals surface area contributed by atoms with Gasteiger partial charge in [0.2, 0.25) is 10.0 Å². The Balaban J connectivity index is 2.83. The van der Waals surface area contributed by atoms with E-state index in [1.807, 2.05) is 13.8 Å². The molecule has 2 N–H and O–H groups in total. The molecule has 20 heavy (non-hydrogen) atoms. The molecule has 1 unspecified atom stereocenters. The summed E-state index contributed by atoms with van der Waals surface area (Å²) in [5.41, 5.74) is 0.678. The molecule has 0 bridgehead atoms. The van der Waals surface area contributed by atoms with Crippen molar-refractivity contribution in [3.63, 3.8) is 0 Å². The number of hydrogen-bond acceptors (Lipinski definition) is 3. The molecule has 0 radical (unpaired) electrons. The van der Waals surface area contributed by atoms with Gasteiger partial charge in [0.25, 0.3) is 0 Å². The van der Waals surface area contributed by atoms with Crippen LogP contribution in [-0.2, 0) is 10.0 Å². The Labute approximate surface area is 129 Å². The van der Waals surface area contributed by atoms with E-state index in [2.05, 4.69) is 20.7 Å². The third kappa shape index (κ3) is 4.55. The Bertz CT molecular complexity index is 541. The third-order valence-electron chi connectivity index (χ3n) is 3.52. The van der Waals surface area contributed by atoms with E-state index in [0.717, 1.165) is 12.8 Å². The molecule has 114 valence electrons. The molecular weight excluding hydrogens is 342 g/mol. The van der Waals surface area contributed by atoms with Crippen molar-refractivity contribution in [3.8, 4) is 0 Å². The number of aliphatic hydroxyl groups excluding tert-OH is 1. The summed E-state index contributed by atoms with van der Waals surface area (Å²) in [6.45, 7) is 5.77. The summed E-state index contributed by atoms with van der Waals surface area (Å²) in [4.78, 5) is 0.239. The Kier molecular flexibility index (Phi) is 6.64. The minimum atomic E-state index is -3.60. The summed E-state index contributed by atoms with van der Waals surface area (Å²) in [5, 5.41) is 10.0. The number of halogens is 1. The fourth-order valence-corrected chi connectivity index (χ4v) is 3.97. The minimum Gasteiger partial charge on any atom is -0.391 e. The predicted octanol–water partition coefficient (Wildman–Crippen LogP) is 2.83. The monoisotopic (exact) mass is 363 g/mol. The van der Waals surface area contributed by atoms with E-state index >= 15 is 0 Å². The molecule has 6 heteroatoms. The quantitative estimate of drug-likeness (QED) is 0.782. The maximum Gasteiger partial charge on any atom is 0.240 e. The van der Waals surface area contributed by atoms with Crippen LogP contribution in [0.1, 0.15) is 32.3 Å². The lowest BCUT2D eigenvalue weighted by Gasteiger charge is -2.20. The number of sulfonamides is 1. The number of aryl methyl sites for hydroxylation is 1. The second kappa shape index (κ2) is 7.54. The number of nitrogens with one attached hydrogen (secondary N) is 1. The first-order valence-corrected chi connectivity index (χ1v) is 9.03. The van der Waals surface area contributed by atoms with Crippen LogP contribution in [0.15, 0.2) is 27.6 Å². The normalized spacial score (nSPS) is 13.7. The molecule has 0 aliphatic rings. The van der Waals surface area contributed by atoms with Gasteiger partial charge in [-0.25, -0.2) is 13.1 Å². The average molecular weight is 364 g/mol. The molecule has 1 aromatic carbocycles. The van der Waals surface area contributed by atoms with E-state index in [-0.39, 0.29) is 17.4 Å². The molecule has 1 aromatic rings. The van der Waals surface area contributed by atoms with Gasteiger partial charge >= 0.3 is 0 Å². The zero-order chi connectivity index (χ0) is 15.3. The lowest BCUT2D eigenvalue weighted by molar-refractivity contribution is 0.107. The first kappa shape index (κ1) is 17.6. The first-order valence-electron chi connectivity index (χ1n) is 6.75. The van der Waals surface area contributed by atoms with Crippen LogP contribution in [0.2, 0.25) is 0 Å². The van der Waals surface area contributed by atoms with E-state index in [1.165, 1.54) is 0 Å². The van der Waals surface area contributed by atoms with Crippen molar-refractivity contribution in [2.24, 2.45) is 5.92 Å². The van der Waals surface area contributed by atoms with Crippen LogP contribution in [0.3, 0.4) is 0 Å². The highest BCUT2D eigenvalue weighted by atomic mass is 79.9. The highest BCUT2D eigenvalue weighted by Gasteiger charge is 2.21. The molecular formula is C14H22BrNO3S. The Hall–Kier alpha value is -0.430. The van der Waals surface area contributed by atoms with Crippen LogP contribution in [-0.4, -0.2) is 26.2 Å². The van der Waals surface area contributed by atoms with Gasteiger partial charge in [-0.1, -0.05) is 48.7 Å². The Morgan fingerprint density at radius 3 is 2.45 bits per heavy atom. The van der Waals surface area contributed by atoms with Gasteiger partial charge in [-0.3, -0.25) is 0 Å². The zero-order valence-electron chi connectivity index (χ0n) is 12.1.